The molecule has 6 aliphatic heterocycles. The van der Waals surface area contributed by atoms with Crippen LogP contribution in [0.5, 0.6) is 23.0 Å². The van der Waals surface area contributed by atoms with Gasteiger partial charge in [0.1, 0.15) is 23.0 Å². The van der Waals surface area contributed by atoms with Gasteiger partial charge in [0, 0.05) is 34.1 Å². The summed E-state index contributed by atoms with van der Waals surface area (Å²) in [4.78, 5) is 5.09. The second-order valence-electron chi connectivity index (χ2n) is 13.9. The van der Waals surface area contributed by atoms with E-state index < -0.39 is 0 Å². The summed E-state index contributed by atoms with van der Waals surface area (Å²) in [5, 5.41) is 0. The fraction of sp³-hybridized carbons (Fsp3) is 0. The van der Waals surface area contributed by atoms with Crippen molar-refractivity contribution in [3.63, 3.8) is 0 Å². The topological polar surface area (TPSA) is 24.9 Å². The Morgan fingerprint density at radius 2 is 0.816 bits per heavy atom. The van der Waals surface area contributed by atoms with E-state index in [1.54, 1.807) is 0 Å². The molecule has 7 heteroatoms. The van der Waals surface area contributed by atoms with E-state index in [1.165, 1.54) is 83.3 Å². The molecule has 0 unspecified atom stereocenters. The summed E-state index contributed by atoms with van der Waals surface area (Å²) in [6.07, 6.45) is 0. The maximum atomic E-state index is 6.76. The van der Waals surface area contributed by atoms with E-state index in [0.29, 0.717) is 0 Å². The van der Waals surface area contributed by atoms with Gasteiger partial charge in [0.05, 0.1) is 0 Å². The predicted molar refractivity (Wildman–Crippen MR) is 203 cm³/mol. The second kappa shape index (κ2) is 8.50. The summed E-state index contributed by atoms with van der Waals surface area (Å²) < 4.78 is 13.5. The molecule has 0 aliphatic carbocycles. The molecule has 4 nitrogen and oxygen atoms in total. The van der Waals surface area contributed by atoms with Crippen LogP contribution in [-0.4, -0.2) is 20.1 Å². The van der Waals surface area contributed by atoms with Gasteiger partial charge in [0.2, 0.25) is 0 Å². The van der Waals surface area contributed by atoms with Gasteiger partial charge < -0.3 is 19.3 Å². The van der Waals surface area contributed by atoms with Gasteiger partial charge in [0.15, 0.2) is 0 Å². The molecule has 0 amide bonds. The minimum atomic E-state index is 0.0511. The molecule has 0 bridgehead atoms. The fourth-order valence-corrected chi connectivity index (χ4v) is 10.0. The molecule has 0 spiro atoms. The number of anilines is 6. The minimum Gasteiger partial charge on any atom is -0.458 e. The molecule has 222 valence electrons. The van der Waals surface area contributed by atoms with Crippen LogP contribution in [0, 0.1) is 0 Å². The van der Waals surface area contributed by atoms with Crippen molar-refractivity contribution in [1.29, 1.82) is 0 Å². The van der Waals surface area contributed by atoms with Gasteiger partial charge >= 0.3 is 0 Å². The molecule has 0 N–H and O–H groups in total. The van der Waals surface area contributed by atoms with E-state index in [-0.39, 0.29) is 20.1 Å². The second-order valence-corrected chi connectivity index (χ2v) is 13.9. The number of ether oxygens (including phenoxy) is 2. The zero-order valence-corrected chi connectivity index (χ0v) is 26.2. The van der Waals surface area contributed by atoms with Gasteiger partial charge in [-0.3, -0.25) is 0 Å². The molecule has 0 fully saturated rings. The number of nitrogens with zero attached hydrogens (tertiary/aromatic N) is 2. The third kappa shape index (κ3) is 2.82. The van der Waals surface area contributed by atoms with Gasteiger partial charge in [-0.2, -0.15) is 0 Å². The Hall–Kier alpha value is -6.07. The van der Waals surface area contributed by atoms with Crippen LogP contribution < -0.4 is 68.4 Å². The summed E-state index contributed by atoms with van der Waals surface area (Å²) in [6, 6.07) is 51.0. The van der Waals surface area contributed by atoms with Gasteiger partial charge in [-0.15, -0.1) is 0 Å². The summed E-state index contributed by atoms with van der Waals surface area (Å²) in [5.41, 5.74) is 19.1. The highest BCUT2D eigenvalue weighted by Crippen LogP contribution is 2.48. The summed E-state index contributed by atoms with van der Waals surface area (Å²) in [5.74, 6) is 3.78. The number of rotatable bonds is 1. The average molecular weight is 620 g/mol. The van der Waals surface area contributed by atoms with Crippen molar-refractivity contribution in [2.45, 2.75) is 0 Å². The minimum absolute atomic E-state index is 0.0511. The van der Waals surface area contributed by atoms with Gasteiger partial charge in [-0.1, -0.05) is 91.0 Å². The Balaban J connectivity index is 1.22. The van der Waals surface area contributed by atoms with Crippen LogP contribution in [0.15, 0.2) is 140 Å². The van der Waals surface area contributed by atoms with Gasteiger partial charge in [-0.05, 0) is 97.7 Å². The summed E-state index contributed by atoms with van der Waals surface area (Å²) in [6.45, 7) is 0.169. The number of benzene rings is 7. The molecule has 13 rings (SSSR count). The average Bonchev–Trinajstić information content (AvgIpc) is 3.16. The Bertz CT molecular complexity index is 2660. The number of para-hydroxylation sites is 4. The van der Waals surface area contributed by atoms with E-state index in [1.807, 2.05) is 0 Å². The lowest BCUT2D eigenvalue weighted by Gasteiger charge is -2.52. The molecule has 0 radical (unpaired) electrons. The Kier molecular flexibility index (Phi) is 4.34. The maximum Gasteiger partial charge on any atom is 0.256 e. The first kappa shape index (κ1) is 25.0. The third-order valence-corrected chi connectivity index (χ3v) is 11.8. The monoisotopic (exact) mass is 620 g/mol. The van der Waals surface area contributed by atoms with E-state index >= 15 is 0 Å². The highest BCUT2D eigenvalue weighted by atomic mass is 16.5. The number of hydrogen-bond acceptors (Lipinski definition) is 4. The van der Waals surface area contributed by atoms with Crippen molar-refractivity contribution >= 4 is 103 Å². The largest absolute Gasteiger partial charge is 0.458 e. The molecule has 49 heavy (non-hydrogen) atoms. The van der Waals surface area contributed by atoms with Crippen LogP contribution in [0.4, 0.5) is 34.1 Å². The van der Waals surface area contributed by atoms with Crippen LogP contribution in [0.25, 0.3) is 0 Å². The first-order valence-corrected chi connectivity index (χ1v) is 17.1. The predicted octanol–water partition coefficient (Wildman–Crippen LogP) is 3.64. The van der Waals surface area contributed by atoms with Crippen molar-refractivity contribution in [1.82, 2.24) is 0 Å². The van der Waals surface area contributed by atoms with Gasteiger partial charge in [0.25, 0.3) is 20.1 Å². The quantitative estimate of drug-likeness (QED) is 0.262. The molecular formula is C42H23B3N2O2. The summed E-state index contributed by atoms with van der Waals surface area (Å²) in [7, 11) is 0. The Morgan fingerprint density at radius 3 is 1.45 bits per heavy atom. The van der Waals surface area contributed by atoms with Crippen LogP contribution in [0.2, 0.25) is 0 Å². The fourth-order valence-electron chi connectivity index (χ4n) is 10.0. The molecule has 0 saturated carbocycles. The van der Waals surface area contributed by atoms with E-state index in [2.05, 4.69) is 149 Å². The van der Waals surface area contributed by atoms with Crippen molar-refractivity contribution in [2.24, 2.45) is 0 Å². The molecule has 6 heterocycles. The van der Waals surface area contributed by atoms with Gasteiger partial charge in [-0.25, -0.2) is 0 Å². The maximum absolute atomic E-state index is 6.76. The molecule has 0 atom stereocenters. The van der Waals surface area contributed by atoms with E-state index in [4.69, 9.17) is 9.47 Å². The van der Waals surface area contributed by atoms with Crippen molar-refractivity contribution in [3.05, 3.63) is 140 Å². The normalized spacial score (nSPS) is 15.1. The smallest absolute Gasteiger partial charge is 0.256 e. The Labute approximate surface area is 284 Å². The zero-order valence-electron chi connectivity index (χ0n) is 26.2. The first-order valence-electron chi connectivity index (χ1n) is 17.1. The van der Waals surface area contributed by atoms with E-state index in [9.17, 15) is 0 Å². The molecular weight excluding hydrogens is 597 g/mol. The SMILES string of the molecule is c1ccc(N2c3ccccc3B3c4ccc5c6c4N4c7c(ccc8c7B(c7ccccc7O8)c7ccc2c3c74)B6c2ccccc2O5)cc1. The lowest BCUT2D eigenvalue weighted by Crippen LogP contribution is -2.73. The standard InChI is InChI=1S/C42H23B3N2O2/c1-2-10-24(11-3-1)46-31-15-7-4-12-25(31)43-29-19-22-35-38-41(29)47-40-28(18-21-32(46)37(40)43)44-26-13-5-8-16-33(26)48-36-23-20-30(42(47)39(36)44)45(38)27-14-6-9-17-34(27)49-35/h1-23H. The molecule has 7 aromatic rings. The van der Waals surface area contributed by atoms with Crippen molar-refractivity contribution in [3.8, 4) is 23.0 Å². The zero-order chi connectivity index (χ0) is 31.5. The lowest BCUT2D eigenvalue weighted by molar-refractivity contribution is 0.487. The van der Waals surface area contributed by atoms with Crippen molar-refractivity contribution in [2.75, 3.05) is 9.80 Å². The highest BCUT2D eigenvalue weighted by Gasteiger charge is 2.55. The van der Waals surface area contributed by atoms with Crippen LogP contribution >= 0.6 is 0 Å². The van der Waals surface area contributed by atoms with Crippen LogP contribution in [-0.2, 0) is 0 Å². The van der Waals surface area contributed by atoms with Crippen LogP contribution in [0.3, 0.4) is 0 Å². The summed E-state index contributed by atoms with van der Waals surface area (Å²) >= 11 is 0. The lowest BCUT2D eigenvalue weighted by atomic mass is 9.25. The number of hydrogen-bond donors (Lipinski definition) is 0. The molecule has 6 aliphatic rings. The Morgan fingerprint density at radius 1 is 0.327 bits per heavy atom. The highest BCUT2D eigenvalue weighted by molar-refractivity contribution is 7.07. The van der Waals surface area contributed by atoms with Crippen molar-refractivity contribution < 1.29 is 9.47 Å². The molecule has 7 aromatic carbocycles. The van der Waals surface area contributed by atoms with E-state index in [0.717, 1.165) is 23.0 Å². The molecule has 0 aromatic heterocycles. The van der Waals surface area contributed by atoms with Crippen LogP contribution in [0.1, 0.15) is 0 Å². The molecule has 0 saturated heterocycles. The third-order valence-electron chi connectivity index (χ3n) is 11.8. The number of fused-ring (bicyclic) bond motifs is 9. The first-order chi connectivity index (χ1) is 24.3.